The normalized spacial score (nSPS) is 27.9. The molecular formula is C24H35N3O. The fraction of sp³-hybridized carbons (Fsp3) is 0.708. The molecule has 5 rings (SSSR count). The topological polar surface area (TPSA) is 35.6 Å². The standard InChI is InChI=1S/C24H35N3O/c28-23(27-14-6-7-15-27)25-22-18-24(21-11-5-4-10-20(21)22)12-16-26(17-13-24)19-8-2-1-3-9-19/h4-5,10-11,19,22H,1-3,6-9,12-18H2,(H,25,28)/t22-/m0/s1. The number of urea groups is 1. The highest BCUT2D eigenvalue weighted by Gasteiger charge is 2.46. The van der Waals surface area contributed by atoms with Crippen LogP contribution in [-0.4, -0.2) is 48.1 Å². The molecule has 0 bridgehead atoms. The third-order valence-electron chi connectivity index (χ3n) is 8.04. The summed E-state index contributed by atoms with van der Waals surface area (Å²) in [6.07, 6.45) is 12.9. The number of nitrogens with one attached hydrogen (secondary N) is 1. The van der Waals surface area contributed by atoms with Crippen molar-refractivity contribution >= 4 is 6.03 Å². The SMILES string of the molecule is O=C(N[C@H]1CC2(CCN(C3CCCCC3)CC2)c2ccccc21)N1CCCC1. The van der Waals surface area contributed by atoms with Crippen molar-refractivity contribution in [1.82, 2.24) is 15.1 Å². The minimum absolute atomic E-state index is 0.147. The van der Waals surface area contributed by atoms with E-state index in [2.05, 4.69) is 34.5 Å². The molecule has 1 atom stereocenters. The smallest absolute Gasteiger partial charge is 0.317 e. The number of carbonyl (C=O) groups is 1. The van der Waals surface area contributed by atoms with E-state index in [1.807, 2.05) is 4.90 Å². The van der Waals surface area contributed by atoms with Crippen LogP contribution in [0.15, 0.2) is 24.3 Å². The minimum Gasteiger partial charge on any atom is -0.331 e. The van der Waals surface area contributed by atoms with E-state index in [1.165, 1.54) is 69.2 Å². The second-order valence-corrected chi connectivity index (χ2v) is 9.60. The van der Waals surface area contributed by atoms with Crippen LogP contribution in [0.25, 0.3) is 0 Å². The number of hydrogen-bond acceptors (Lipinski definition) is 2. The van der Waals surface area contributed by atoms with Gasteiger partial charge < -0.3 is 15.1 Å². The lowest BCUT2D eigenvalue weighted by molar-refractivity contribution is 0.0899. The summed E-state index contributed by atoms with van der Waals surface area (Å²) < 4.78 is 0. The molecule has 0 aromatic heterocycles. The molecular weight excluding hydrogens is 346 g/mol. The van der Waals surface area contributed by atoms with Gasteiger partial charge in [-0.05, 0) is 69.2 Å². The van der Waals surface area contributed by atoms with E-state index >= 15 is 0 Å². The van der Waals surface area contributed by atoms with Gasteiger partial charge in [0.25, 0.3) is 0 Å². The van der Waals surface area contributed by atoms with Gasteiger partial charge in [0.15, 0.2) is 0 Å². The molecule has 4 heteroatoms. The molecule has 1 N–H and O–H groups in total. The Labute approximate surface area is 169 Å². The zero-order chi connectivity index (χ0) is 19.0. The molecule has 28 heavy (non-hydrogen) atoms. The van der Waals surface area contributed by atoms with Gasteiger partial charge in [-0.1, -0.05) is 43.5 Å². The van der Waals surface area contributed by atoms with Gasteiger partial charge >= 0.3 is 6.03 Å². The Balaban J connectivity index is 1.30. The first-order valence-corrected chi connectivity index (χ1v) is 11.6. The lowest BCUT2D eigenvalue weighted by Gasteiger charge is -2.44. The van der Waals surface area contributed by atoms with Gasteiger partial charge in [-0.2, -0.15) is 0 Å². The van der Waals surface area contributed by atoms with Crippen LogP contribution in [-0.2, 0) is 5.41 Å². The van der Waals surface area contributed by atoms with E-state index in [0.29, 0.717) is 0 Å². The second kappa shape index (κ2) is 7.70. The third-order valence-corrected chi connectivity index (χ3v) is 8.04. The molecule has 2 aliphatic carbocycles. The number of likely N-dealkylation sites (tertiary alicyclic amines) is 2. The molecule has 2 heterocycles. The summed E-state index contributed by atoms with van der Waals surface area (Å²) in [4.78, 5) is 17.5. The number of amides is 2. The number of piperidine rings is 1. The average molecular weight is 382 g/mol. The molecule has 4 nitrogen and oxygen atoms in total. The van der Waals surface area contributed by atoms with E-state index in [1.54, 1.807) is 0 Å². The number of rotatable bonds is 2. The molecule has 4 aliphatic rings. The highest BCUT2D eigenvalue weighted by atomic mass is 16.2. The monoisotopic (exact) mass is 381 g/mol. The molecule has 1 aromatic rings. The van der Waals surface area contributed by atoms with Gasteiger partial charge in [0.05, 0.1) is 6.04 Å². The largest absolute Gasteiger partial charge is 0.331 e. The molecule has 0 unspecified atom stereocenters. The summed E-state index contributed by atoms with van der Waals surface area (Å²) >= 11 is 0. The van der Waals surface area contributed by atoms with Crippen molar-refractivity contribution in [2.75, 3.05) is 26.2 Å². The first-order valence-electron chi connectivity index (χ1n) is 11.6. The van der Waals surface area contributed by atoms with E-state index in [9.17, 15) is 4.79 Å². The summed E-state index contributed by atoms with van der Waals surface area (Å²) in [7, 11) is 0. The lowest BCUT2D eigenvalue weighted by Crippen LogP contribution is -2.47. The van der Waals surface area contributed by atoms with Crippen molar-refractivity contribution < 1.29 is 4.79 Å². The highest BCUT2D eigenvalue weighted by molar-refractivity contribution is 5.75. The molecule has 1 spiro atoms. The van der Waals surface area contributed by atoms with Crippen molar-refractivity contribution in [3.8, 4) is 0 Å². The zero-order valence-electron chi connectivity index (χ0n) is 17.2. The van der Waals surface area contributed by atoms with Gasteiger partial charge in [0.2, 0.25) is 0 Å². The summed E-state index contributed by atoms with van der Waals surface area (Å²) in [6.45, 7) is 4.29. The van der Waals surface area contributed by atoms with Crippen LogP contribution in [0, 0.1) is 0 Å². The summed E-state index contributed by atoms with van der Waals surface area (Å²) in [5, 5.41) is 3.40. The highest BCUT2D eigenvalue weighted by Crippen LogP contribution is 2.51. The molecule has 3 fully saturated rings. The molecule has 2 aliphatic heterocycles. The maximum atomic E-state index is 12.7. The number of carbonyl (C=O) groups excluding carboxylic acids is 1. The van der Waals surface area contributed by atoms with Crippen molar-refractivity contribution in [2.45, 2.75) is 81.7 Å². The summed E-state index contributed by atoms with van der Waals surface area (Å²) in [5.41, 5.74) is 3.16. The van der Waals surface area contributed by atoms with Crippen LogP contribution < -0.4 is 5.32 Å². The number of benzene rings is 1. The Hall–Kier alpha value is -1.55. The molecule has 2 amide bonds. The Kier molecular flexibility index (Phi) is 5.08. The van der Waals surface area contributed by atoms with Crippen LogP contribution in [0.4, 0.5) is 4.79 Å². The van der Waals surface area contributed by atoms with E-state index < -0.39 is 0 Å². The van der Waals surface area contributed by atoms with Crippen molar-refractivity contribution in [3.05, 3.63) is 35.4 Å². The fourth-order valence-corrected chi connectivity index (χ4v) is 6.42. The predicted molar refractivity (Wildman–Crippen MR) is 112 cm³/mol. The van der Waals surface area contributed by atoms with Crippen LogP contribution in [0.5, 0.6) is 0 Å². The van der Waals surface area contributed by atoms with E-state index in [4.69, 9.17) is 0 Å². The lowest BCUT2D eigenvalue weighted by atomic mass is 9.73. The van der Waals surface area contributed by atoms with Gasteiger partial charge in [0.1, 0.15) is 0 Å². The number of hydrogen-bond donors (Lipinski definition) is 1. The number of fused-ring (bicyclic) bond motifs is 2. The summed E-state index contributed by atoms with van der Waals surface area (Å²) in [6, 6.07) is 10.1. The third kappa shape index (κ3) is 3.34. The molecule has 1 aromatic carbocycles. The predicted octanol–water partition coefficient (Wildman–Crippen LogP) is 4.60. The van der Waals surface area contributed by atoms with E-state index in [0.717, 1.165) is 38.4 Å². The Morgan fingerprint density at radius 3 is 2.39 bits per heavy atom. The Morgan fingerprint density at radius 1 is 0.929 bits per heavy atom. The van der Waals surface area contributed by atoms with E-state index in [-0.39, 0.29) is 17.5 Å². The first kappa shape index (κ1) is 18.5. The van der Waals surface area contributed by atoms with Gasteiger partial charge in [0, 0.05) is 24.5 Å². The maximum Gasteiger partial charge on any atom is 0.317 e. The summed E-state index contributed by atoms with van der Waals surface area (Å²) in [5.74, 6) is 0. The van der Waals surface area contributed by atoms with Crippen LogP contribution >= 0.6 is 0 Å². The number of nitrogens with zero attached hydrogens (tertiary/aromatic N) is 2. The van der Waals surface area contributed by atoms with Gasteiger partial charge in [-0.3, -0.25) is 0 Å². The van der Waals surface area contributed by atoms with Gasteiger partial charge in [-0.25, -0.2) is 4.79 Å². The van der Waals surface area contributed by atoms with Crippen molar-refractivity contribution in [3.63, 3.8) is 0 Å². The zero-order valence-corrected chi connectivity index (χ0v) is 17.2. The van der Waals surface area contributed by atoms with Gasteiger partial charge in [-0.15, -0.1) is 0 Å². The minimum atomic E-state index is 0.147. The van der Waals surface area contributed by atoms with Crippen molar-refractivity contribution in [2.24, 2.45) is 0 Å². The first-order chi connectivity index (χ1) is 13.8. The quantitative estimate of drug-likeness (QED) is 0.812. The van der Waals surface area contributed by atoms with Crippen molar-refractivity contribution in [1.29, 1.82) is 0 Å². The Morgan fingerprint density at radius 2 is 1.64 bits per heavy atom. The fourth-order valence-electron chi connectivity index (χ4n) is 6.42. The molecule has 152 valence electrons. The Bertz CT molecular complexity index is 698. The maximum absolute atomic E-state index is 12.7. The van der Waals surface area contributed by atoms with Crippen LogP contribution in [0.1, 0.15) is 81.4 Å². The molecule has 0 radical (unpaired) electrons. The molecule has 2 saturated heterocycles. The van der Waals surface area contributed by atoms with Crippen LogP contribution in [0.3, 0.4) is 0 Å². The molecule has 1 saturated carbocycles. The second-order valence-electron chi connectivity index (χ2n) is 9.60. The van der Waals surface area contributed by atoms with Crippen LogP contribution in [0.2, 0.25) is 0 Å². The average Bonchev–Trinajstić information content (AvgIpc) is 3.38.